The molecule has 0 saturated carbocycles. The fourth-order valence-electron chi connectivity index (χ4n) is 2.01. The molecular weight excluding hydrogens is 272 g/mol. The molecule has 0 rings (SSSR count). The van der Waals surface area contributed by atoms with Crippen LogP contribution in [0, 0.1) is 0 Å². The average molecular weight is 304 g/mol. The molecule has 22 heavy (non-hydrogen) atoms. The Hall–Kier alpha value is -1.57. The van der Waals surface area contributed by atoms with E-state index in [4.69, 9.17) is 5.11 Å². The molecule has 0 bridgehead atoms. The number of aliphatic carboxylic acids is 1. The highest BCUT2D eigenvalue weighted by Crippen LogP contribution is 2.05. The summed E-state index contributed by atoms with van der Waals surface area (Å²) < 4.78 is 0. The van der Waals surface area contributed by atoms with Crippen molar-refractivity contribution < 1.29 is 9.90 Å². The van der Waals surface area contributed by atoms with Gasteiger partial charge in [-0.3, -0.25) is 4.79 Å². The zero-order valence-corrected chi connectivity index (χ0v) is 14.0. The first-order valence-corrected chi connectivity index (χ1v) is 8.64. The summed E-state index contributed by atoms with van der Waals surface area (Å²) in [5.41, 5.74) is 0. The predicted octanol–water partition coefficient (Wildman–Crippen LogP) is 6.22. The van der Waals surface area contributed by atoms with Gasteiger partial charge in [-0.15, -0.1) is 0 Å². The molecule has 0 aromatic carbocycles. The van der Waals surface area contributed by atoms with Crippen LogP contribution in [0.4, 0.5) is 0 Å². The summed E-state index contributed by atoms with van der Waals surface area (Å²) in [4.78, 5) is 10.3. The minimum atomic E-state index is -0.706. The maximum atomic E-state index is 10.3. The van der Waals surface area contributed by atoms with Gasteiger partial charge in [0.05, 0.1) is 0 Å². The molecule has 1 N–H and O–H groups in total. The topological polar surface area (TPSA) is 37.3 Å². The molecule has 0 aliphatic heterocycles. The number of hydrogen-bond donors (Lipinski definition) is 1. The molecular formula is C20H32O2. The third-order valence-electron chi connectivity index (χ3n) is 3.31. The van der Waals surface area contributed by atoms with Crippen LogP contribution in [-0.2, 0) is 4.79 Å². The molecule has 0 aromatic heterocycles. The summed E-state index contributed by atoms with van der Waals surface area (Å²) in [6, 6.07) is 0. The Morgan fingerprint density at radius 2 is 1.23 bits per heavy atom. The second kappa shape index (κ2) is 17.5. The van der Waals surface area contributed by atoms with Crippen molar-refractivity contribution in [1.82, 2.24) is 0 Å². The number of rotatable bonds is 14. The van der Waals surface area contributed by atoms with Gasteiger partial charge in [-0.05, 0) is 32.1 Å². The smallest absolute Gasteiger partial charge is 0.303 e. The van der Waals surface area contributed by atoms with Crippen LogP contribution in [0.15, 0.2) is 48.6 Å². The summed E-state index contributed by atoms with van der Waals surface area (Å²) in [6.07, 6.45) is 27.3. The fourth-order valence-corrected chi connectivity index (χ4v) is 2.01. The van der Waals surface area contributed by atoms with Gasteiger partial charge in [-0.1, -0.05) is 81.2 Å². The fraction of sp³-hybridized carbons (Fsp3) is 0.550. The third-order valence-corrected chi connectivity index (χ3v) is 3.31. The molecule has 0 aliphatic rings. The van der Waals surface area contributed by atoms with Crippen LogP contribution < -0.4 is 0 Å². The van der Waals surface area contributed by atoms with Gasteiger partial charge < -0.3 is 5.11 Å². The third kappa shape index (κ3) is 18.4. The lowest BCUT2D eigenvalue weighted by molar-refractivity contribution is -0.137. The van der Waals surface area contributed by atoms with Crippen molar-refractivity contribution in [2.75, 3.05) is 0 Å². The normalized spacial score (nSPS) is 12.4. The van der Waals surface area contributed by atoms with E-state index in [9.17, 15) is 4.79 Å². The van der Waals surface area contributed by atoms with E-state index in [1.54, 1.807) is 0 Å². The van der Waals surface area contributed by atoms with E-state index in [-0.39, 0.29) is 6.42 Å². The predicted molar refractivity (Wildman–Crippen MR) is 96.0 cm³/mol. The number of allylic oxidation sites excluding steroid dienone is 8. The van der Waals surface area contributed by atoms with Crippen LogP contribution >= 0.6 is 0 Å². The standard InChI is InChI=1S/C20H32O2/c1-2-3-4-5-6-7-8-9-10-11-12-13-14-15-16-17-18-19-20(21)22/h8-15H,2-7,16-19H2,1H3,(H,21,22)/b9-8-,11-10+,13-12+,15-14-. The summed E-state index contributed by atoms with van der Waals surface area (Å²) in [7, 11) is 0. The number of unbranched alkanes of at least 4 members (excludes halogenated alkanes) is 7. The van der Waals surface area contributed by atoms with Gasteiger partial charge in [0, 0.05) is 6.42 Å². The lowest BCUT2D eigenvalue weighted by Gasteiger charge is -1.95. The van der Waals surface area contributed by atoms with Crippen molar-refractivity contribution in [2.24, 2.45) is 0 Å². The van der Waals surface area contributed by atoms with Crippen molar-refractivity contribution in [1.29, 1.82) is 0 Å². The molecule has 0 saturated heterocycles. The van der Waals surface area contributed by atoms with Crippen molar-refractivity contribution in [3.63, 3.8) is 0 Å². The van der Waals surface area contributed by atoms with E-state index in [0.29, 0.717) is 0 Å². The van der Waals surface area contributed by atoms with E-state index >= 15 is 0 Å². The summed E-state index contributed by atoms with van der Waals surface area (Å²) in [5.74, 6) is -0.706. The number of hydrogen-bond acceptors (Lipinski definition) is 1. The van der Waals surface area contributed by atoms with E-state index in [2.05, 4.69) is 31.2 Å². The monoisotopic (exact) mass is 304 g/mol. The van der Waals surface area contributed by atoms with Crippen LogP contribution in [0.3, 0.4) is 0 Å². The maximum Gasteiger partial charge on any atom is 0.303 e. The Labute approximate surface area is 136 Å². The Balaban J connectivity index is 3.45. The molecule has 0 unspecified atom stereocenters. The van der Waals surface area contributed by atoms with Crippen molar-refractivity contribution >= 4 is 5.97 Å². The molecule has 2 heteroatoms. The van der Waals surface area contributed by atoms with Gasteiger partial charge in [0.2, 0.25) is 0 Å². The Bertz CT molecular complexity index is 362. The lowest BCUT2D eigenvalue weighted by atomic mass is 10.1. The average Bonchev–Trinajstić information content (AvgIpc) is 2.50. The first kappa shape index (κ1) is 20.4. The summed E-state index contributed by atoms with van der Waals surface area (Å²) in [6.45, 7) is 2.24. The Morgan fingerprint density at radius 1 is 0.727 bits per heavy atom. The van der Waals surface area contributed by atoms with E-state index in [0.717, 1.165) is 19.3 Å². The highest BCUT2D eigenvalue weighted by atomic mass is 16.4. The molecule has 0 spiro atoms. The van der Waals surface area contributed by atoms with E-state index in [1.165, 1.54) is 38.5 Å². The van der Waals surface area contributed by atoms with E-state index < -0.39 is 5.97 Å². The minimum Gasteiger partial charge on any atom is -0.481 e. The largest absolute Gasteiger partial charge is 0.481 e. The Kier molecular flexibility index (Phi) is 16.2. The molecule has 0 aliphatic carbocycles. The molecule has 0 radical (unpaired) electrons. The van der Waals surface area contributed by atoms with Gasteiger partial charge in [0.25, 0.3) is 0 Å². The maximum absolute atomic E-state index is 10.3. The molecule has 2 nitrogen and oxygen atoms in total. The molecule has 0 fully saturated rings. The van der Waals surface area contributed by atoms with Gasteiger partial charge in [0.15, 0.2) is 0 Å². The lowest BCUT2D eigenvalue weighted by Crippen LogP contribution is -1.92. The first-order chi connectivity index (χ1) is 10.8. The second-order valence-corrected chi connectivity index (χ2v) is 5.47. The highest BCUT2D eigenvalue weighted by Gasteiger charge is 1.93. The molecule has 0 aromatic rings. The molecule has 0 atom stereocenters. The summed E-state index contributed by atoms with van der Waals surface area (Å²) in [5, 5.41) is 8.50. The van der Waals surface area contributed by atoms with Crippen LogP contribution in [0.1, 0.15) is 71.1 Å². The molecule has 0 heterocycles. The summed E-state index contributed by atoms with van der Waals surface area (Å²) >= 11 is 0. The quantitative estimate of drug-likeness (QED) is 0.305. The van der Waals surface area contributed by atoms with Crippen molar-refractivity contribution in [3.05, 3.63) is 48.6 Å². The number of carbonyl (C=O) groups is 1. The van der Waals surface area contributed by atoms with Crippen LogP contribution in [0.25, 0.3) is 0 Å². The van der Waals surface area contributed by atoms with Crippen LogP contribution in [0.5, 0.6) is 0 Å². The van der Waals surface area contributed by atoms with E-state index in [1.807, 2.05) is 24.3 Å². The number of carboxylic acid groups (broad SMARTS) is 1. The molecule has 124 valence electrons. The zero-order chi connectivity index (χ0) is 16.3. The van der Waals surface area contributed by atoms with Crippen LogP contribution in [-0.4, -0.2) is 11.1 Å². The van der Waals surface area contributed by atoms with Gasteiger partial charge in [-0.2, -0.15) is 0 Å². The van der Waals surface area contributed by atoms with Crippen molar-refractivity contribution in [3.8, 4) is 0 Å². The Morgan fingerprint density at radius 3 is 1.77 bits per heavy atom. The van der Waals surface area contributed by atoms with Crippen molar-refractivity contribution in [2.45, 2.75) is 71.1 Å². The first-order valence-electron chi connectivity index (χ1n) is 8.64. The van der Waals surface area contributed by atoms with Gasteiger partial charge >= 0.3 is 5.97 Å². The van der Waals surface area contributed by atoms with Gasteiger partial charge in [-0.25, -0.2) is 0 Å². The van der Waals surface area contributed by atoms with Gasteiger partial charge in [0.1, 0.15) is 0 Å². The van der Waals surface area contributed by atoms with Crippen LogP contribution in [0.2, 0.25) is 0 Å². The minimum absolute atomic E-state index is 0.275. The SMILES string of the molecule is CCCCCCC\C=C/C=C/C=C/C=C\CCCCC(=O)O. The second-order valence-electron chi connectivity index (χ2n) is 5.47. The zero-order valence-electron chi connectivity index (χ0n) is 14.0. The molecule has 0 amide bonds. The highest BCUT2D eigenvalue weighted by molar-refractivity contribution is 5.66. The number of carboxylic acids is 1.